The van der Waals surface area contributed by atoms with Gasteiger partial charge in [-0.05, 0) is 18.2 Å². The largest absolute Gasteiger partial charge is 0.395 e. The van der Waals surface area contributed by atoms with Crippen molar-refractivity contribution >= 4 is 5.69 Å². The maximum absolute atomic E-state index is 8.68. The van der Waals surface area contributed by atoms with Crippen molar-refractivity contribution in [3.63, 3.8) is 0 Å². The number of aliphatic hydroxyl groups is 1. The minimum atomic E-state index is 0.121. The van der Waals surface area contributed by atoms with Gasteiger partial charge in [-0.1, -0.05) is 17.9 Å². The molecule has 0 spiro atoms. The molecule has 1 fully saturated rings. The summed E-state index contributed by atoms with van der Waals surface area (Å²) in [6, 6.07) is 8.21. The summed E-state index contributed by atoms with van der Waals surface area (Å²) >= 11 is 0. The van der Waals surface area contributed by atoms with Crippen molar-refractivity contribution < 1.29 is 9.84 Å². The van der Waals surface area contributed by atoms with E-state index in [0.29, 0.717) is 6.42 Å². The molecule has 1 aromatic rings. The zero-order valence-corrected chi connectivity index (χ0v) is 9.85. The molecule has 0 atom stereocenters. The van der Waals surface area contributed by atoms with Crippen LogP contribution in [0.4, 0.5) is 5.69 Å². The van der Waals surface area contributed by atoms with Crippen LogP contribution in [0.5, 0.6) is 0 Å². The Morgan fingerprint density at radius 3 is 2.88 bits per heavy atom. The van der Waals surface area contributed by atoms with E-state index in [-0.39, 0.29) is 6.61 Å². The van der Waals surface area contributed by atoms with Gasteiger partial charge >= 0.3 is 0 Å². The van der Waals surface area contributed by atoms with Gasteiger partial charge in [-0.3, -0.25) is 0 Å². The lowest BCUT2D eigenvalue weighted by molar-refractivity contribution is 0.122. The van der Waals surface area contributed by atoms with Crippen LogP contribution in [-0.2, 0) is 4.74 Å². The first-order valence-corrected chi connectivity index (χ1v) is 5.92. The Morgan fingerprint density at radius 2 is 2.12 bits per heavy atom. The molecule has 3 heteroatoms. The van der Waals surface area contributed by atoms with Gasteiger partial charge in [-0.2, -0.15) is 0 Å². The zero-order valence-electron chi connectivity index (χ0n) is 9.85. The summed E-state index contributed by atoms with van der Waals surface area (Å²) in [5.41, 5.74) is 2.20. The fraction of sp³-hybridized carbons (Fsp3) is 0.429. The Bertz CT molecular complexity index is 414. The van der Waals surface area contributed by atoms with E-state index in [1.54, 1.807) is 0 Å². The Morgan fingerprint density at radius 1 is 1.29 bits per heavy atom. The Kier molecular flexibility index (Phi) is 4.43. The molecule has 0 unspecified atom stereocenters. The lowest BCUT2D eigenvalue weighted by Gasteiger charge is -2.28. The van der Waals surface area contributed by atoms with Crippen molar-refractivity contribution in [2.75, 3.05) is 37.8 Å². The summed E-state index contributed by atoms with van der Waals surface area (Å²) in [7, 11) is 0. The first-order valence-electron chi connectivity index (χ1n) is 5.92. The quantitative estimate of drug-likeness (QED) is 0.778. The maximum Gasteiger partial charge on any atom is 0.0642 e. The van der Waals surface area contributed by atoms with Gasteiger partial charge in [0.25, 0.3) is 0 Å². The highest BCUT2D eigenvalue weighted by Gasteiger charge is 2.10. The van der Waals surface area contributed by atoms with Gasteiger partial charge in [0.1, 0.15) is 0 Å². The molecule has 3 nitrogen and oxygen atoms in total. The molecule has 1 heterocycles. The van der Waals surface area contributed by atoms with Gasteiger partial charge in [0.05, 0.1) is 19.8 Å². The van der Waals surface area contributed by atoms with E-state index in [1.165, 1.54) is 5.69 Å². The second-order valence-corrected chi connectivity index (χ2v) is 3.93. The summed E-state index contributed by atoms with van der Waals surface area (Å²) in [6.07, 6.45) is 0.530. The summed E-state index contributed by atoms with van der Waals surface area (Å²) in [6.45, 7) is 3.58. The van der Waals surface area contributed by atoms with Crippen molar-refractivity contribution in [3.8, 4) is 11.8 Å². The number of hydrogen-bond acceptors (Lipinski definition) is 3. The maximum atomic E-state index is 8.68. The second kappa shape index (κ2) is 6.29. The highest BCUT2D eigenvalue weighted by Crippen LogP contribution is 2.16. The van der Waals surface area contributed by atoms with Crippen molar-refractivity contribution in [3.05, 3.63) is 29.8 Å². The van der Waals surface area contributed by atoms with Crippen LogP contribution in [0.2, 0.25) is 0 Å². The predicted octanol–water partition coefficient (Wildman–Crippen LogP) is 1.26. The number of nitrogens with zero attached hydrogens (tertiary/aromatic N) is 1. The van der Waals surface area contributed by atoms with Crippen molar-refractivity contribution in [1.82, 2.24) is 0 Å². The van der Waals surface area contributed by atoms with Gasteiger partial charge in [0.15, 0.2) is 0 Å². The minimum Gasteiger partial charge on any atom is -0.395 e. The number of benzene rings is 1. The number of anilines is 1. The molecular formula is C14H17NO2. The minimum absolute atomic E-state index is 0.121. The van der Waals surface area contributed by atoms with Gasteiger partial charge in [-0.15, -0.1) is 0 Å². The van der Waals surface area contributed by atoms with E-state index in [4.69, 9.17) is 9.84 Å². The summed E-state index contributed by atoms with van der Waals surface area (Å²) in [5.74, 6) is 6.00. The van der Waals surface area contributed by atoms with Gasteiger partial charge in [0, 0.05) is 30.8 Å². The molecule has 0 aliphatic carbocycles. The zero-order chi connectivity index (χ0) is 11.9. The van der Waals surface area contributed by atoms with Crippen LogP contribution in [0.25, 0.3) is 0 Å². The molecule has 0 saturated carbocycles. The monoisotopic (exact) mass is 231 g/mol. The fourth-order valence-electron chi connectivity index (χ4n) is 1.82. The molecule has 1 N–H and O–H groups in total. The van der Waals surface area contributed by atoms with Crippen LogP contribution in [-0.4, -0.2) is 38.0 Å². The van der Waals surface area contributed by atoms with Crippen LogP contribution in [0.1, 0.15) is 12.0 Å². The molecule has 0 bridgehead atoms. The molecule has 1 aliphatic heterocycles. The summed E-state index contributed by atoms with van der Waals surface area (Å²) < 4.78 is 5.33. The molecule has 1 aliphatic rings. The van der Waals surface area contributed by atoms with E-state index < -0.39 is 0 Å². The molecule has 0 aromatic heterocycles. The van der Waals surface area contributed by atoms with Crippen LogP contribution >= 0.6 is 0 Å². The highest BCUT2D eigenvalue weighted by molar-refractivity contribution is 5.52. The molecule has 90 valence electrons. The third-order valence-electron chi connectivity index (χ3n) is 2.69. The Labute approximate surface area is 102 Å². The van der Waals surface area contributed by atoms with Crippen LogP contribution in [0.3, 0.4) is 0 Å². The first kappa shape index (κ1) is 12.0. The smallest absolute Gasteiger partial charge is 0.0642 e. The molecular weight excluding hydrogens is 214 g/mol. The molecule has 0 radical (unpaired) electrons. The highest BCUT2D eigenvalue weighted by atomic mass is 16.5. The van der Waals surface area contributed by atoms with Crippen LogP contribution in [0, 0.1) is 11.8 Å². The number of morpholine rings is 1. The second-order valence-electron chi connectivity index (χ2n) is 3.93. The molecule has 17 heavy (non-hydrogen) atoms. The average molecular weight is 231 g/mol. The van der Waals surface area contributed by atoms with E-state index in [2.05, 4.69) is 28.9 Å². The van der Waals surface area contributed by atoms with Gasteiger partial charge < -0.3 is 14.7 Å². The number of aliphatic hydroxyl groups excluding tert-OH is 1. The van der Waals surface area contributed by atoms with E-state index in [9.17, 15) is 0 Å². The molecule has 0 amide bonds. The van der Waals surface area contributed by atoms with Crippen molar-refractivity contribution in [1.29, 1.82) is 0 Å². The number of ether oxygens (including phenoxy) is 1. The third kappa shape index (κ3) is 3.48. The molecule has 1 aromatic carbocycles. The van der Waals surface area contributed by atoms with Crippen LogP contribution in [0.15, 0.2) is 24.3 Å². The Hall–Kier alpha value is -1.50. The lowest BCUT2D eigenvalue weighted by atomic mass is 10.2. The Balaban J connectivity index is 2.08. The normalized spacial score (nSPS) is 15.2. The van der Waals surface area contributed by atoms with E-state index in [0.717, 1.165) is 31.9 Å². The topological polar surface area (TPSA) is 32.7 Å². The van der Waals surface area contributed by atoms with E-state index >= 15 is 0 Å². The van der Waals surface area contributed by atoms with Gasteiger partial charge in [-0.25, -0.2) is 0 Å². The predicted molar refractivity (Wildman–Crippen MR) is 68.1 cm³/mol. The SMILES string of the molecule is OCCC#Cc1cccc(N2CCOCC2)c1. The first-order chi connectivity index (χ1) is 8.40. The fourth-order valence-corrected chi connectivity index (χ4v) is 1.82. The number of rotatable bonds is 2. The summed E-state index contributed by atoms with van der Waals surface area (Å²) in [4.78, 5) is 2.31. The number of hydrogen-bond donors (Lipinski definition) is 1. The standard InChI is InChI=1S/C14H17NO2/c16-9-2-1-4-13-5-3-6-14(12-13)15-7-10-17-11-8-15/h3,5-6,12,16H,2,7-11H2. The average Bonchev–Trinajstić information content (AvgIpc) is 2.41. The molecule has 1 saturated heterocycles. The molecule has 2 rings (SSSR count). The van der Waals surface area contributed by atoms with E-state index in [1.807, 2.05) is 12.1 Å². The lowest BCUT2D eigenvalue weighted by Crippen LogP contribution is -2.36. The van der Waals surface area contributed by atoms with Crippen molar-refractivity contribution in [2.45, 2.75) is 6.42 Å². The summed E-state index contributed by atoms with van der Waals surface area (Å²) in [5, 5.41) is 8.68. The van der Waals surface area contributed by atoms with Crippen LogP contribution < -0.4 is 4.90 Å². The van der Waals surface area contributed by atoms with Crippen molar-refractivity contribution in [2.24, 2.45) is 0 Å². The third-order valence-corrected chi connectivity index (χ3v) is 2.69. The van der Waals surface area contributed by atoms with Gasteiger partial charge in [0.2, 0.25) is 0 Å².